The van der Waals surface area contributed by atoms with E-state index in [1.807, 2.05) is 0 Å². The van der Waals surface area contributed by atoms with Crippen molar-refractivity contribution in [3.63, 3.8) is 0 Å². The number of benzene rings is 2. The van der Waals surface area contributed by atoms with Crippen molar-refractivity contribution in [1.82, 2.24) is 4.98 Å². The van der Waals surface area contributed by atoms with E-state index in [-0.39, 0.29) is 0 Å². The lowest BCUT2D eigenvalue weighted by molar-refractivity contribution is 0.0722. The highest BCUT2D eigenvalue weighted by Gasteiger charge is 2.03. The lowest BCUT2D eigenvalue weighted by atomic mass is 10.1. The summed E-state index contributed by atoms with van der Waals surface area (Å²) in [5, 5.41) is 1.24. The van der Waals surface area contributed by atoms with Gasteiger partial charge in [-0.3, -0.25) is 0 Å². The van der Waals surface area contributed by atoms with Crippen LogP contribution in [0.15, 0.2) is 54.6 Å². The Morgan fingerprint density at radius 3 is 2.50 bits per heavy atom. The van der Waals surface area contributed by atoms with E-state index >= 15 is 0 Å². The molecule has 0 aliphatic rings. The first-order chi connectivity index (χ1) is 10.9. The van der Waals surface area contributed by atoms with Gasteiger partial charge in [-0.25, -0.2) is 0 Å². The number of hydrogen-bond acceptors (Lipinski definition) is 2. The third-order valence-electron chi connectivity index (χ3n) is 3.76. The van der Waals surface area contributed by atoms with Crippen LogP contribution in [-0.2, 0) is 15.9 Å². The van der Waals surface area contributed by atoms with E-state index in [2.05, 4.69) is 59.6 Å². The Morgan fingerprint density at radius 1 is 0.909 bits per heavy atom. The average Bonchev–Trinajstić information content (AvgIpc) is 2.99. The van der Waals surface area contributed by atoms with Crippen LogP contribution in [0.1, 0.15) is 5.56 Å². The minimum absolute atomic E-state index is 0.652. The van der Waals surface area contributed by atoms with Crippen LogP contribution in [0.5, 0.6) is 0 Å². The fourth-order valence-corrected chi connectivity index (χ4v) is 2.51. The molecule has 3 heteroatoms. The third-order valence-corrected chi connectivity index (χ3v) is 3.76. The Labute approximate surface area is 130 Å². The molecule has 1 N–H and O–H groups in total. The van der Waals surface area contributed by atoms with Crippen molar-refractivity contribution >= 4 is 10.9 Å². The van der Waals surface area contributed by atoms with Gasteiger partial charge in [-0.15, -0.1) is 0 Å². The predicted molar refractivity (Wildman–Crippen MR) is 90.1 cm³/mol. The summed E-state index contributed by atoms with van der Waals surface area (Å²) >= 11 is 0. The number of hydrogen-bond donors (Lipinski definition) is 1. The van der Waals surface area contributed by atoms with Crippen LogP contribution in [0.3, 0.4) is 0 Å². The van der Waals surface area contributed by atoms with Gasteiger partial charge >= 0.3 is 0 Å². The zero-order chi connectivity index (χ0) is 15.2. The van der Waals surface area contributed by atoms with E-state index in [1.165, 1.54) is 22.0 Å². The molecule has 0 spiro atoms. The quantitative estimate of drug-likeness (QED) is 0.667. The number of methoxy groups -OCH3 is 1. The lowest BCUT2D eigenvalue weighted by Crippen LogP contribution is -2.04. The highest BCUT2D eigenvalue weighted by molar-refractivity contribution is 5.85. The number of H-pyrrole nitrogens is 1. The molecular weight excluding hydrogens is 274 g/mol. The van der Waals surface area contributed by atoms with Crippen molar-refractivity contribution in [2.24, 2.45) is 0 Å². The maximum absolute atomic E-state index is 5.50. The summed E-state index contributed by atoms with van der Waals surface area (Å²) in [6.07, 6.45) is 0.927. The SMILES string of the molecule is COCCOCCc1ccc(-c2cc3ccccc3[nH]2)cc1. The van der Waals surface area contributed by atoms with E-state index in [9.17, 15) is 0 Å². The van der Waals surface area contributed by atoms with Gasteiger partial charge in [0.1, 0.15) is 0 Å². The third kappa shape index (κ3) is 3.56. The van der Waals surface area contributed by atoms with Crippen molar-refractivity contribution in [1.29, 1.82) is 0 Å². The summed E-state index contributed by atoms with van der Waals surface area (Å²) < 4.78 is 10.5. The molecule has 1 aromatic heterocycles. The topological polar surface area (TPSA) is 34.2 Å². The molecule has 3 nitrogen and oxygen atoms in total. The standard InChI is InChI=1S/C19H21NO2/c1-21-12-13-22-11-10-15-6-8-16(9-7-15)19-14-17-4-2-3-5-18(17)20-19/h2-9,14,20H,10-13H2,1H3. The molecule has 3 rings (SSSR count). The molecule has 3 aromatic rings. The van der Waals surface area contributed by atoms with Crippen LogP contribution in [0.4, 0.5) is 0 Å². The minimum atomic E-state index is 0.652. The number of nitrogens with one attached hydrogen (secondary N) is 1. The molecule has 0 aliphatic carbocycles. The molecular formula is C19H21NO2. The second-order valence-corrected chi connectivity index (χ2v) is 5.32. The molecule has 0 saturated heterocycles. The van der Waals surface area contributed by atoms with Gasteiger partial charge < -0.3 is 14.5 Å². The summed E-state index contributed by atoms with van der Waals surface area (Å²) in [4.78, 5) is 3.46. The summed E-state index contributed by atoms with van der Waals surface area (Å²) in [6, 6.07) is 19.2. The van der Waals surface area contributed by atoms with Crippen LogP contribution in [0.25, 0.3) is 22.2 Å². The number of para-hydroxylation sites is 1. The molecule has 0 aliphatic heterocycles. The number of ether oxygens (including phenoxy) is 2. The Hall–Kier alpha value is -2.10. The van der Waals surface area contributed by atoms with Crippen LogP contribution < -0.4 is 0 Å². The van der Waals surface area contributed by atoms with E-state index in [4.69, 9.17) is 9.47 Å². The molecule has 0 radical (unpaired) electrons. The van der Waals surface area contributed by atoms with Crippen LogP contribution in [0, 0.1) is 0 Å². The Kier molecular flexibility index (Phi) is 4.88. The fourth-order valence-electron chi connectivity index (χ4n) is 2.51. The summed E-state index contributed by atoms with van der Waals surface area (Å²) in [5.74, 6) is 0. The van der Waals surface area contributed by atoms with Crippen LogP contribution >= 0.6 is 0 Å². The van der Waals surface area contributed by atoms with Crippen LogP contribution in [-0.4, -0.2) is 31.9 Å². The second-order valence-electron chi connectivity index (χ2n) is 5.32. The largest absolute Gasteiger partial charge is 0.382 e. The first kappa shape index (κ1) is 14.8. The van der Waals surface area contributed by atoms with E-state index < -0.39 is 0 Å². The summed E-state index contributed by atoms with van der Waals surface area (Å²) in [6.45, 7) is 2.04. The maximum Gasteiger partial charge on any atom is 0.0700 e. The van der Waals surface area contributed by atoms with Gasteiger partial charge in [0.05, 0.1) is 19.8 Å². The average molecular weight is 295 g/mol. The predicted octanol–water partition coefficient (Wildman–Crippen LogP) is 4.04. The molecule has 22 heavy (non-hydrogen) atoms. The summed E-state index contributed by atoms with van der Waals surface area (Å²) in [7, 11) is 1.69. The molecule has 2 aromatic carbocycles. The normalized spacial score (nSPS) is 11.1. The minimum Gasteiger partial charge on any atom is -0.382 e. The molecule has 114 valence electrons. The van der Waals surface area contributed by atoms with Gasteiger partial charge in [-0.05, 0) is 29.7 Å². The number of rotatable bonds is 7. The van der Waals surface area contributed by atoms with Gasteiger partial charge in [-0.2, -0.15) is 0 Å². The number of fused-ring (bicyclic) bond motifs is 1. The first-order valence-corrected chi connectivity index (χ1v) is 7.60. The van der Waals surface area contributed by atoms with Crippen molar-refractivity contribution in [3.05, 3.63) is 60.2 Å². The number of aromatic amines is 1. The van der Waals surface area contributed by atoms with E-state index in [0.717, 1.165) is 18.7 Å². The molecule has 0 fully saturated rings. The Balaban J connectivity index is 1.63. The molecule has 0 saturated carbocycles. The smallest absolute Gasteiger partial charge is 0.0700 e. The van der Waals surface area contributed by atoms with E-state index in [1.54, 1.807) is 7.11 Å². The van der Waals surface area contributed by atoms with Gasteiger partial charge in [-0.1, -0.05) is 42.5 Å². The van der Waals surface area contributed by atoms with Crippen LogP contribution in [0.2, 0.25) is 0 Å². The molecule has 1 heterocycles. The molecule has 0 unspecified atom stereocenters. The summed E-state index contributed by atoms with van der Waals surface area (Å²) in [5.41, 5.74) is 4.83. The molecule has 0 amide bonds. The fraction of sp³-hybridized carbons (Fsp3) is 0.263. The lowest BCUT2D eigenvalue weighted by Gasteiger charge is -2.05. The Morgan fingerprint density at radius 2 is 1.73 bits per heavy atom. The van der Waals surface area contributed by atoms with Gasteiger partial charge in [0, 0.05) is 23.7 Å². The molecule has 0 atom stereocenters. The van der Waals surface area contributed by atoms with Crippen molar-refractivity contribution in [2.45, 2.75) is 6.42 Å². The highest BCUT2D eigenvalue weighted by atomic mass is 16.5. The van der Waals surface area contributed by atoms with Crippen molar-refractivity contribution in [3.8, 4) is 11.3 Å². The maximum atomic E-state index is 5.50. The van der Waals surface area contributed by atoms with Gasteiger partial charge in [0.15, 0.2) is 0 Å². The zero-order valence-corrected chi connectivity index (χ0v) is 12.8. The van der Waals surface area contributed by atoms with Gasteiger partial charge in [0.25, 0.3) is 0 Å². The molecule has 0 bridgehead atoms. The van der Waals surface area contributed by atoms with Crippen molar-refractivity contribution in [2.75, 3.05) is 26.9 Å². The number of aromatic nitrogens is 1. The van der Waals surface area contributed by atoms with Gasteiger partial charge in [0.2, 0.25) is 0 Å². The highest BCUT2D eigenvalue weighted by Crippen LogP contribution is 2.24. The monoisotopic (exact) mass is 295 g/mol. The zero-order valence-electron chi connectivity index (χ0n) is 12.8. The van der Waals surface area contributed by atoms with E-state index in [0.29, 0.717) is 13.2 Å². The Bertz CT molecular complexity index is 683. The van der Waals surface area contributed by atoms with Crippen molar-refractivity contribution < 1.29 is 9.47 Å². The first-order valence-electron chi connectivity index (χ1n) is 7.60. The second kappa shape index (κ2) is 7.25.